The van der Waals surface area contributed by atoms with Crippen molar-refractivity contribution in [3.05, 3.63) is 46.4 Å². The third kappa shape index (κ3) is 2.17. The number of ether oxygens (including phenoxy) is 1. The summed E-state index contributed by atoms with van der Waals surface area (Å²) in [6.07, 6.45) is 1.61. The van der Waals surface area contributed by atoms with E-state index in [1.54, 1.807) is 18.7 Å². The minimum atomic E-state index is -0.398. The lowest BCUT2D eigenvalue weighted by atomic mass is 9.79. The number of carbonyl (C=O) groups is 2. The lowest BCUT2D eigenvalue weighted by Crippen LogP contribution is -2.37. The van der Waals surface area contributed by atoms with Crippen molar-refractivity contribution in [2.75, 3.05) is 5.32 Å². The number of anilines is 1. The van der Waals surface area contributed by atoms with E-state index in [9.17, 15) is 14.4 Å². The molecular weight excluding hydrogens is 346 g/mol. The normalized spacial score (nSPS) is 30.6. The summed E-state index contributed by atoms with van der Waals surface area (Å²) in [6, 6.07) is 9.30. The van der Waals surface area contributed by atoms with Crippen molar-refractivity contribution in [2.24, 2.45) is 30.7 Å². The second-order valence-electron chi connectivity index (χ2n) is 7.85. The van der Waals surface area contributed by atoms with Crippen LogP contribution < -0.4 is 10.9 Å². The van der Waals surface area contributed by atoms with Gasteiger partial charge in [-0.15, -0.1) is 0 Å². The number of aromatic nitrogens is 2. The van der Waals surface area contributed by atoms with Gasteiger partial charge in [0.05, 0.1) is 23.2 Å². The van der Waals surface area contributed by atoms with Gasteiger partial charge < -0.3 is 10.1 Å². The highest BCUT2D eigenvalue weighted by Crippen LogP contribution is 2.57. The molecule has 1 saturated heterocycles. The molecule has 1 N–H and O–H groups in total. The molecule has 2 bridgehead atoms. The molecule has 5 rings (SSSR count). The van der Waals surface area contributed by atoms with Crippen molar-refractivity contribution in [1.29, 1.82) is 0 Å². The SMILES string of the molecule is Cc1c(NC(=O)[C@H]2[C@@H]3C[C@@H]4[C@@H]2C(=O)O[C@@H]4C3)c(=O)n(-c2ccccc2)n1C. The average Bonchev–Trinajstić information content (AvgIpc) is 3.32. The van der Waals surface area contributed by atoms with E-state index in [-0.39, 0.29) is 47.0 Å². The molecular formula is C20H21N3O4. The molecule has 0 spiro atoms. The molecule has 1 aromatic heterocycles. The van der Waals surface area contributed by atoms with Crippen LogP contribution in [0.25, 0.3) is 5.69 Å². The van der Waals surface area contributed by atoms with Crippen LogP contribution in [0, 0.1) is 30.6 Å². The van der Waals surface area contributed by atoms with Crippen LogP contribution in [0.5, 0.6) is 0 Å². The second-order valence-corrected chi connectivity index (χ2v) is 7.85. The minimum absolute atomic E-state index is 0.00896. The van der Waals surface area contributed by atoms with Crippen LogP contribution in [0.4, 0.5) is 5.69 Å². The van der Waals surface area contributed by atoms with Gasteiger partial charge in [0.15, 0.2) is 0 Å². The van der Waals surface area contributed by atoms with Crippen molar-refractivity contribution in [1.82, 2.24) is 9.36 Å². The first-order valence-electron chi connectivity index (χ1n) is 9.32. The Hall–Kier alpha value is -2.83. The van der Waals surface area contributed by atoms with Gasteiger partial charge in [-0.05, 0) is 37.8 Å². The molecule has 2 aliphatic carbocycles. The summed E-state index contributed by atoms with van der Waals surface area (Å²) in [4.78, 5) is 38.2. The molecule has 1 aromatic carbocycles. The molecule has 0 unspecified atom stereocenters. The molecule has 0 radical (unpaired) electrons. The van der Waals surface area contributed by atoms with E-state index >= 15 is 0 Å². The Labute approximate surface area is 155 Å². The highest BCUT2D eigenvalue weighted by atomic mass is 16.6. The highest BCUT2D eigenvalue weighted by molar-refractivity contribution is 5.97. The number of benzene rings is 1. The topological polar surface area (TPSA) is 82.3 Å². The zero-order valence-corrected chi connectivity index (χ0v) is 15.2. The third-order valence-corrected chi connectivity index (χ3v) is 6.59. The Morgan fingerprint density at radius 3 is 2.67 bits per heavy atom. The van der Waals surface area contributed by atoms with Gasteiger partial charge in [-0.3, -0.25) is 19.1 Å². The Bertz CT molecular complexity index is 1000. The highest BCUT2D eigenvalue weighted by Gasteiger charge is 2.64. The number of hydrogen-bond donors (Lipinski definition) is 1. The predicted molar refractivity (Wildman–Crippen MR) is 97.5 cm³/mol. The lowest BCUT2D eigenvalue weighted by Gasteiger charge is -2.23. The van der Waals surface area contributed by atoms with Crippen LogP contribution in [0.15, 0.2) is 35.1 Å². The molecule has 3 aliphatic rings. The zero-order valence-electron chi connectivity index (χ0n) is 15.2. The van der Waals surface area contributed by atoms with Crippen LogP contribution in [0.2, 0.25) is 0 Å². The van der Waals surface area contributed by atoms with E-state index in [1.165, 1.54) is 4.68 Å². The predicted octanol–water partition coefficient (Wildman–Crippen LogP) is 1.62. The molecule has 7 nitrogen and oxygen atoms in total. The van der Waals surface area contributed by atoms with Gasteiger partial charge in [0, 0.05) is 13.0 Å². The first-order chi connectivity index (χ1) is 13.0. The van der Waals surface area contributed by atoms with Crippen LogP contribution in [0.3, 0.4) is 0 Å². The number of hydrogen-bond acceptors (Lipinski definition) is 4. The van der Waals surface area contributed by atoms with Crippen molar-refractivity contribution < 1.29 is 14.3 Å². The number of fused-ring (bicyclic) bond motifs is 1. The number of nitrogens with one attached hydrogen (secondary N) is 1. The fraction of sp³-hybridized carbons (Fsp3) is 0.450. The minimum Gasteiger partial charge on any atom is -0.462 e. The number of rotatable bonds is 3. The van der Waals surface area contributed by atoms with E-state index in [4.69, 9.17) is 4.74 Å². The van der Waals surface area contributed by atoms with Crippen LogP contribution in [0.1, 0.15) is 18.5 Å². The smallest absolute Gasteiger partial charge is 0.310 e. The second kappa shape index (κ2) is 5.58. The standard InChI is InChI=1S/C20H21N3O4/c1-10-17(19(25)23(22(10)2)12-6-4-3-5-7-12)21-18(24)15-11-8-13-14(9-11)27-20(26)16(13)15/h3-7,11,13-16H,8-9H2,1-2H3,(H,21,24)/t11-,13+,14-,15+,16+/m1/s1. The van der Waals surface area contributed by atoms with E-state index in [0.717, 1.165) is 18.5 Å². The maximum absolute atomic E-state index is 13.0. The average molecular weight is 367 g/mol. The Morgan fingerprint density at radius 1 is 1.19 bits per heavy atom. The molecule has 1 amide bonds. The van der Waals surface area contributed by atoms with Crippen LogP contribution in [-0.2, 0) is 21.4 Å². The zero-order chi connectivity index (χ0) is 18.9. The number of para-hydroxylation sites is 1. The van der Waals surface area contributed by atoms with Crippen molar-refractivity contribution in [2.45, 2.75) is 25.9 Å². The van der Waals surface area contributed by atoms with Crippen molar-refractivity contribution in [3.8, 4) is 5.69 Å². The maximum atomic E-state index is 13.0. The van der Waals surface area contributed by atoms with E-state index < -0.39 is 5.92 Å². The van der Waals surface area contributed by atoms with Crippen molar-refractivity contribution in [3.63, 3.8) is 0 Å². The quantitative estimate of drug-likeness (QED) is 0.836. The molecule has 2 heterocycles. The van der Waals surface area contributed by atoms with Gasteiger partial charge in [-0.1, -0.05) is 18.2 Å². The fourth-order valence-electron chi connectivity index (χ4n) is 5.28. The summed E-state index contributed by atoms with van der Waals surface area (Å²) in [6.45, 7) is 1.80. The van der Waals surface area contributed by atoms with E-state index in [2.05, 4.69) is 5.32 Å². The largest absolute Gasteiger partial charge is 0.462 e. The number of carbonyl (C=O) groups excluding carboxylic acids is 2. The van der Waals surface area contributed by atoms with Gasteiger partial charge >= 0.3 is 5.97 Å². The van der Waals surface area contributed by atoms with Crippen LogP contribution >= 0.6 is 0 Å². The molecule has 7 heteroatoms. The van der Waals surface area contributed by atoms with Gasteiger partial charge in [0.25, 0.3) is 5.56 Å². The summed E-state index contributed by atoms with van der Waals surface area (Å²) in [7, 11) is 1.79. The molecule has 1 aliphatic heterocycles. The van der Waals surface area contributed by atoms with Gasteiger partial charge in [0.1, 0.15) is 11.8 Å². The first-order valence-corrected chi connectivity index (χ1v) is 9.32. The number of esters is 1. The molecule has 27 heavy (non-hydrogen) atoms. The van der Waals surface area contributed by atoms with E-state index in [0.29, 0.717) is 5.69 Å². The van der Waals surface area contributed by atoms with Crippen molar-refractivity contribution >= 4 is 17.6 Å². The molecule has 3 fully saturated rings. The molecule has 2 aromatic rings. The van der Waals surface area contributed by atoms with E-state index in [1.807, 2.05) is 30.3 Å². The Kier molecular flexibility index (Phi) is 3.38. The maximum Gasteiger partial charge on any atom is 0.310 e. The van der Waals surface area contributed by atoms with Gasteiger partial charge in [-0.2, -0.15) is 0 Å². The number of amides is 1. The Morgan fingerprint density at radius 2 is 1.93 bits per heavy atom. The molecule has 5 atom stereocenters. The summed E-state index contributed by atoms with van der Waals surface area (Å²) in [5, 5.41) is 2.84. The molecule has 2 saturated carbocycles. The summed E-state index contributed by atoms with van der Waals surface area (Å²) in [5.74, 6) is -0.917. The first kappa shape index (κ1) is 16.4. The third-order valence-electron chi connectivity index (χ3n) is 6.59. The summed E-state index contributed by atoms with van der Waals surface area (Å²) < 4.78 is 8.67. The summed E-state index contributed by atoms with van der Waals surface area (Å²) in [5.41, 5.74) is 1.41. The molecule has 140 valence electrons. The van der Waals surface area contributed by atoms with Gasteiger partial charge in [-0.25, -0.2) is 4.68 Å². The Balaban J connectivity index is 1.48. The lowest BCUT2D eigenvalue weighted by molar-refractivity contribution is -0.145. The van der Waals surface area contributed by atoms with Gasteiger partial charge in [0.2, 0.25) is 5.91 Å². The summed E-state index contributed by atoms with van der Waals surface area (Å²) >= 11 is 0. The van der Waals surface area contributed by atoms with Crippen LogP contribution in [-0.4, -0.2) is 27.3 Å². The fourth-order valence-corrected chi connectivity index (χ4v) is 5.28. The monoisotopic (exact) mass is 367 g/mol. The number of nitrogens with zero attached hydrogens (tertiary/aromatic N) is 2.